The molecule has 0 aliphatic carbocycles. The predicted molar refractivity (Wildman–Crippen MR) is 166 cm³/mol. The van der Waals surface area contributed by atoms with E-state index in [1.165, 1.54) is 0 Å². The van der Waals surface area contributed by atoms with E-state index in [0.717, 1.165) is 6.07 Å². The van der Waals surface area contributed by atoms with Crippen LogP contribution in [0.2, 0.25) is 0 Å². The Morgan fingerprint density at radius 1 is 0.837 bits per heavy atom. The standard InChI is InChI=1S/C23H27F4N5O.2C4H4O4/c24-15-5-6-32(14-15)22(33)19-11-16(13-28-19)30-7-9-31(10-8-30)20-12-21(23(25,26)27)29-18-4-2-1-3-17(18)20;2*5-3(6)1-2-4(7)8/h1-4,12,15-16,19,28H,5-11,13-14H2;2*1-2H,(H,5,6)(H,7,8)/b;2*2-1-/t15-,16+,19+;;/m1../s1. The third kappa shape index (κ3) is 11.8. The van der Waals surface area contributed by atoms with E-state index in [9.17, 15) is 41.5 Å². The van der Waals surface area contributed by atoms with Crippen LogP contribution in [0.1, 0.15) is 18.5 Å². The summed E-state index contributed by atoms with van der Waals surface area (Å²) in [7, 11) is 0. The normalized spacial score (nSPS) is 21.3. The van der Waals surface area contributed by atoms with Gasteiger partial charge in [-0.05, 0) is 25.0 Å². The highest BCUT2D eigenvalue weighted by Crippen LogP contribution is 2.35. The molecule has 0 spiro atoms. The first-order valence-electron chi connectivity index (χ1n) is 14.9. The number of pyridine rings is 1. The molecule has 18 heteroatoms. The highest BCUT2D eigenvalue weighted by molar-refractivity contribution is 5.92. The number of carboxylic acids is 4. The van der Waals surface area contributed by atoms with E-state index in [4.69, 9.17) is 20.4 Å². The number of fused-ring (bicyclic) bond motifs is 1. The van der Waals surface area contributed by atoms with Crippen LogP contribution in [-0.2, 0) is 30.1 Å². The molecular formula is C31H35F4N5O9. The Kier molecular flexibility index (Phi) is 13.6. The molecule has 1 amide bonds. The van der Waals surface area contributed by atoms with E-state index in [0.29, 0.717) is 93.0 Å². The Labute approximate surface area is 276 Å². The highest BCUT2D eigenvalue weighted by Gasteiger charge is 2.38. The van der Waals surface area contributed by atoms with Crippen LogP contribution < -0.4 is 10.2 Å². The van der Waals surface area contributed by atoms with Gasteiger partial charge >= 0.3 is 30.1 Å². The second-order valence-corrected chi connectivity index (χ2v) is 11.1. The van der Waals surface area contributed by atoms with Gasteiger partial charge in [-0.1, -0.05) is 18.2 Å². The summed E-state index contributed by atoms with van der Waals surface area (Å²) in [6.07, 6.45) is -2.13. The molecule has 2 aromatic rings. The number of benzene rings is 1. The summed E-state index contributed by atoms with van der Waals surface area (Å²) in [5, 5.41) is 35.2. The summed E-state index contributed by atoms with van der Waals surface area (Å²) in [4.78, 5) is 60.6. The molecule has 1 aromatic carbocycles. The highest BCUT2D eigenvalue weighted by atomic mass is 19.4. The molecule has 5 N–H and O–H groups in total. The van der Waals surface area contributed by atoms with Gasteiger partial charge in [-0.25, -0.2) is 28.6 Å². The fraction of sp³-hybridized carbons (Fsp3) is 0.419. The first-order valence-corrected chi connectivity index (χ1v) is 14.9. The Morgan fingerprint density at radius 3 is 1.88 bits per heavy atom. The van der Waals surface area contributed by atoms with Crippen molar-refractivity contribution >= 4 is 46.4 Å². The number of amides is 1. The average Bonchev–Trinajstić information content (AvgIpc) is 3.72. The van der Waals surface area contributed by atoms with Crippen LogP contribution in [0, 0.1) is 0 Å². The summed E-state index contributed by atoms with van der Waals surface area (Å²) < 4.78 is 53.7. The fourth-order valence-electron chi connectivity index (χ4n) is 5.50. The van der Waals surface area contributed by atoms with Crippen LogP contribution >= 0.6 is 0 Å². The monoisotopic (exact) mass is 697 g/mol. The smallest absolute Gasteiger partial charge is 0.433 e. The maximum Gasteiger partial charge on any atom is 0.433 e. The molecule has 4 heterocycles. The Hall–Kier alpha value is -5.10. The zero-order valence-corrected chi connectivity index (χ0v) is 25.9. The van der Waals surface area contributed by atoms with Crippen LogP contribution in [0.15, 0.2) is 54.6 Å². The average molecular weight is 698 g/mol. The van der Waals surface area contributed by atoms with Crippen molar-refractivity contribution in [1.29, 1.82) is 0 Å². The largest absolute Gasteiger partial charge is 0.478 e. The van der Waals surface area contributed by atoms with Crippen molar-refractivity contribution in [3.05, 3.63) is 60.3 Å². The first-order chi connectivity index (χ1) is 23.0. The maximum atomic E-state index is 13.5. The van der Waals surface area contributed by atoms with Crippen molar-refractivity contribution in [2.24, 2.45) is 0 Å². The number of nitrogens with one attached hydrogen (secondary N) is 1. The maximum absolute atomic E-state index is 13.5. The number of likely N-dealkylation sites (tertiary alicyclic amines) is 1. The van der Waals surface area contributed by atoms with E-state index >= 15 is 0 Å². The number of carbonyl (C=O) groups is 5. The number of hydrogen-bond acceptors (Lipinski definition) is 9. The number of carboxylic acid groups (broad SMARTS) is 4. The molecule has 49 heavy (non-hydrogen) atoms. The molecule has 266 valence electrons. The minimum Gasteiger partial charge on any atom is -0.478 e. The lowest BCUT2D eigenvalue weighted by Gasteiger charge is -2.39. The van der Waals surface area contributed by atoms with Crippen molar-refractivity contribution < 1.29 is 62.0 Å². The van der Waals surface area contributed by atoms with E-state index < -0.39 is 41.9 Å². The lowest BCUT2D eigenvalue weighted by Crippen LogP contribution is -2.51. The first kappa shape index (κ1) is 38.3. The molecule has 5 rings (SSSR count). The number of hydrogen-bond donors (Lipinski definition) is 5. The van der Waals surface area contributed by atoms with Gasteiger partial charge in [-0.15, -0.1) is 0 Å². The van der Waals surface area contributed by atoms with Gasteiger partial charge in [-0.3, -0.25) is 9.69 Å². The summed E-state index contributed by atoms with van der Waals surface area (Å²) in [5.41, 5.74) is 0.0147. The number of anilines is 1. The van der Waals surface area contributed by atoms with Crippen molar-refractivity contribution in [3.8, 4) is 0 Å². The molecule has 3 atom stereocenters. The van der Waals surface area contributed by atoms with Gasteiger partial charge in [-0.2, -0.15) is 13.2 Å². The molecule has 0 saturated carbocycles. The third-order valence-corrected chi connectivity index (χ3v) is 7.74. The number of carbonyl (C=O) groups excluding carboxylic acids is 1. The zero-order valence-electron chi connectivity index (χ0n) is 25.9. The number of aliphatic carboxylic acids is 4. The molecule has 0 bridgehead atoms. The number of piperazine rings is 1. The van der Waals surface area contributed by atoms with Crippen LogP contribution in [0.5, 0.6) is 0 Å². The van der Waals surface area contributed by atoms with Crippen molar-refractivity contribution in [2.45, 2.75) is 37.3 Å². The Morgan fingerprint density at radius 2 is 1.39 bits per heavy atom. The summed E-state index contributed by atoms with van der Waals surface area (Å²) in [6.45, 7) is 3.91. The lowest BCUT2D eigenvalue weighted by atomic mass is 10.1. The van der Waals surface area contributed by atoms with Crippen LogP contribution in [0.3, 0.4) is 0 Å². The minimum absolute atomic E-state index is 0.0285. The number of halogens is 4. The molecule has 3 aliphatic heterocycles. The van der Waals surface area contributed by atoms with Gasteiger partial charge in [0.1, 0.15) is 11.9 Å². The molecule has 0 unspecified atom stereocenters. The number of rotatable bonds is 7. The van der Waals surface area contributed by atoms with E-state index in [2.05, 4.69) is 15.2 Å². The van der Waals surface area contributed by atoms with Crippen LogP contribution in [0.25, 0.3) is 10.9 Å². The summed E-state index contributed by atoms with van der Waals surface area (Å²) >= 11 is 0. The van der Waals surface area contributed by atoms with E-state index in [1.54, 1.807) is 17.0 Å². The van der Waals surface area contributed by atoms with Gasteiger partial charge in [0, 0.05) is 80.7 Å². The van der Waals surface area contributed by atoms with Crippen molar-refractivity contribution in [3.63, 3.8) is 0 Å². The van der Waals surface area contributed by atoms with Crippen molar-refractivity contribution in [2.75, 3.05) is 50.7 Å². The minimum atomic E-state index is -4.50. The van der Waals surface area contributed by atoms with Crippen molar-refractivity contribution in [1.82, 2.24) is 20.1 Å². The number of alkyl halides is 4. The Balaban J connectivity index is 0.000000338. The molecular weight excluding hydrogens is 662 g/mol. The molecule has 1 aromatic heterocycles. The van der Waals surface area contributed by atoms with Gasteiger partial charge in [0.25, 0.3) is 0 Å². The Bertz CT molecular complexity index is 1510. The van der Waals surface area contributed by atoms with E-state index in [-0.39, 0.29) is 24.5 Å². The number of nitrogens with zero attached hydrogens (tertiary/aromatic N) is 4. The molecule has 3 aliphatic rings. The van der Waals surface area contributed by atoms with Gasteiger partial charge in [0.2, 0.25) is 5.91 Å². The van der Waals surface area contributed by atoms with E-state index in [1.807, 2.05) is 17.0 Å². The summed E-state index contributed by atoms with van der Waals surface area (Å²) in [5.74, 6) is -5.06. The molecule has 0 radical (unpaired) electrons. The SMILES string of the molecule is O=C(O)/C=C\C(=O)O.O=C(O)/C=C\C(=O)O.O=C([C@@H]1C[C@H](N2CCN(c3cc(C(F)(F)F)nc4ccccc34)CC2)CN1)N1CC[C@@H](F)C1. The fourth-order valence-corrected chi connectivity index (χ4v) is 5.50. The molecule has 3 saturated heterocycles. The van der Waals surface area contributed by atoms with Gasteiger partial charge in [0.05, 0.1) is 18.1 Å². The third-order valence-electron chi connectivity index (χ3n) is 7.74. The number of aromatic nitrogens is 1. The second kappa shape index (κ2) is 17.3. The predicted octanol–water partition coefficient (Wildman–Crippen LogP) is 2.10. The lowest BCUT2D eigenvalue weighted by molar-refractivity contribution is -0.141. The topological polar surface area (TPSA) is 201 Å². The van der Waals surface area contributed by atoms with Crippen LogP contribution in [-0.4, -0.2) is 129 Å². The molecule has 14 nitrogen and oxygen atoms in total. The quantitative estimate of drug-likeness (QED) is 0.208. The molecule has 3 fully saturated rings. The number of para-hydroxylation sites is 1. The summed E-state index contributed by atoms with van der Waals surface area (Å²) in [6, 6.07) is 7.96. The van der Waals surface area contributed by atoms with Gasteiger partial charge in [0.15, 0.2) is 0 Å². The second-order valence-electron chi connectivity index (χ2n) is 11.1. The van der Waals surface area contributed by atoms with Gasteiger partial charge < -0.3 is 35.5 Å². The zero-order chi connectivity index (χ0) is 36.3. The van der Waals surface area contributed by atoms with Crippen LogP contribution in [0.4, 0.5) is 23.2 Å².